The Morgan fingerprint density at radius 3 is 2.92 bits per heavy atom. The van der Waals surface area contributed by atoms with Crippen LogP contribution in [0.5, 0.6) is 0 Å². The summed E-state index contributed by atoms with van der Waals surface area (Å²) >= 11 is 9.17. The van der Waals surface area contributed by atoms with Crippen molar-refractivity contribution in [3.05, 3.63) is 49.8 Å². The number of halogens is 3. The van der Waals surface area contributed by atoms with Gasteiger partial charge >= 0.3 is 0 Å². The molecule has 0 spiro atoms. The van der Waals surface area contributed by atoms with Gasteiger partial charge in [0.2, 0.25) is 5.91 Å². The number of hydrogen-bond donors (Lipinski definition) is 2. The van der Waals surface area contributed by atoms with E-state index >= 15 is 0 Å². The van der Waals surface area contributed by atoms with Gasteiger partial charge < -0.3 is 5.32 Å². The summed E-state index contributed by atoms with van der Waals surface area (Å²) in [5, 5.41) is 4.58. The molecular weight excluding hydrogens is 453 g/mol. The van der Waals surface area contributed by atoms with E-state index in [0.29, 0.717) is 12.1 Å². The Balaban J connectivity index is 1.77. The molecule has 0 radical (unpaired) electrons. The summed E-state index contributed by atoms with van der Waals surface area (Å²) in [5.74, 6) is -0.872. The van der Waals surface area contributed by atoms with Crippen LogP contribution in [-0.4, -0.2) is 27.5 Å². The van der Waals surface area contributed by atoms with Gasteiger partial charge in [-0.25, -0.2) is 17.6 Å². The van der Waals surface area contributed by atoms with Gasteiger partial charge in [0.1, 0.15) is 11.9 Å². The van der Waals surface area contributed by atoms with Crippen LogP contribution < -0.4 is 10.0 Å². The summed E-state index contributed by atoms with van der Waals surface area (Å²) in [7, 11) is 1.62. The third-order valence-corrected chi connectivity index (χ3v) is 7.18. The fourth-order valence-corrected chi connectivity index (χ4v) is 5.31. The van der Waals surface area contributed by atoms with Crippen LogP contribution in [0.2, 0.25) is 5.02 Å². The minimum Gasteiger partial charge on any atom is -0.325 e. The first kappa shape index (κ1) is 18.9. The lowest BCUT2D eigenvalue weighted by molar-refractivity contribution is -0.120. The molecule has 2 N–H and O–H groups in total. The highest BCUT2D eigenvalue weighted by atomic mass is 79.9. The largest absolute Gasteiger partial charge is 0.325 e. The number of carbonyl (C=O) groups excluding carboxylic acids is 1. The van der Waals surface area contributed by atoms with Crippen LogP contribution in [0, 0.1) is 5.82 Å². The zero-order valence-electron chi connectivity index (χ0n) is 13.0. The second-order valence-electron chi connectivity index (χ2n) is 5.50. The van der Waals surface area contributed by atoms with Crippen molar-refractivity contribution in [2.45, 2.75) is 18.5 Å². The molecule has 3 atom stereocenters. The number of amides is 1. The molecule has 2 aromatic rings. The van der Waals surface area contributed by atoms with Crippen LogP contribution in [0.4, 0.5) is 10.1 Å². The Hall–Kier alpha value is -0.840. The summed E-state index contributed by atoms with van der Waals surface area (Å²) in [6, 6.07) is 5.12. The molecule has 134 valence electrons. The Morgan fingerprint density at radius 1 is 1.52 bits per heavy atom. The summed E-state index contributed by atoms with van der Waals surface area (Å²) in [6.07, 6.45) is 0.454. The highest BCUT2D eigenvalue weighted by Crippen LogP contribution is 2.32. The van der Waals surface area contributed by atoms with Crippen LogP contribution in [0.15, 0.2) is 34.1 Å². The van der Waals surface area contributed by atoms with Crippen LogP contribution in [-0.2, 0) is 16.0 Å². The topological polar surface area (TPSA) is 61.4 Å². The van der Waals surface area contributed by atoms with E-state index in [1.54, 1.807) is 7.05 Å². The van der Waals surface area contributed by atoms with E-state index in [0.717, 1.165) is 9.35 Å². The van der Waals surface area contributed by atoms with Crippen LogP contribution in [0.1, 0.15) is 17.3 Å². The predicted molar refractivity (Wildman–Crippen MR) is 102 cm³/mol. The number of carbonyl (C=O) groups is 1. The van der Waals surface area contributed by atoms with Crippen molar-refractivity contribution in [3.8, 4) is 0 Å². The Morgan fingerprint density at radius 2 is 2.28 bits per heavy atom. The first-order chi connectivity index (χ1) is 11.8. The standard InChI is InChI=1S/C15H14BrClFN3O2S2/c1-21-13(15(22)19-9-2-3-11(18)10(17)5-9)6-12(20-25(21)23)14-4-8(16)7-24-14/h2-5,7,12-13,20H,6H2,1H3,(H,19,22). The van der Waals surface area contributed by atoms with Crippen LogP contribution in [0.25, 0.3) is 0 Å². The number of hydrogen-bond acceptors (Lipinski definition) is 3. The van der Waals surface area contributed by atoms with E-state index in [4.69, 9.17) is 11.6 Å². The van der Waals surface area contributed by atoms with Crippen molar-refractivity contribution in [3.63, 3.8) is 0 Å². The molecule has 2 heterocycles. The van der Waals surface area contributed by atoms with Crippen LogP contribution >= 0.6 is 38.9 Å². The maximum Gasteiger partial charge on any atom is 0.242 e. The number of nitrogens with one attached hydrogen (secondary N) is 2. The lowest BCUT2D eigenvalue weighted by Gasteiger charge is -2.35. The SMILES string of the molecule is CN1C(C(=O)Nc2ccc(F)c(Cl)c2)CC(c2cc(Br)cs2)NS1=O. The number of anilines is 1. The maximum atomic E-state index is 13.2. The van der Waals surface area contributed by atoms with E-state index in [2.05, 4.69) is 26.0 Å². The first-order valence-electron chi connectivity index (χ1n) is 7.26. The number of nitrogens with zero attached hydrogens (tertiary/aromatic N) is 1. The molecule has 5 nitrogen and oxygen atoms in total. The number of likely N-dealkylation sites (N-methyl/N-ethyl adjacent to an activating group) is 1. The van der Waals surface area contributed by atoms with Crippen molar-refractivity contribution in [1.29, 1.82) is 0 Å². The molecule has 1 aromatic heterocycles. The molecule has 1 saturated heterocycles. The molecule has 10 heteroatoms. The van der Waals surface area contributed by atoms with Gasteiger partial charge in [0.25, 0.3) is 0 Å². The van der Waals surface area contributed by atoms with Gasteiger partial charge in [-0.1, -0.05) is 11.6 Å². The van der Waals surface area contributed by atoms with Crippen molar-refractivity contribution < 1.29 is 13.4 Å². The average molecular weight is 467 g/mol. The monoisotopic (exact) mass is 465 g/mol. The van der Waals surface area contributed by atoms with E-state index in [-0.39, 0.29) is 17.0 Å². The zero-order chi connectivity index (χ0) is 18.1. The smallest absolute Gasteiger partial charge is 0.242 e. The molecule has 1 amide bonds. The van der Waals surface area contributed by atoms with E-state index in [1.807, 2.05) is 11.4 Å². The summed E-state index contributed by atoms with van der Waals surface area (Å²) in [4.78, 5) is 13.6. The Bertz CT molecular complexity index is 835. The minimum absolute atomic E-state index is 0.0682. The Labute approximate surface area is 164 Å². The average Bonchev–Trinajstić information content (AvgIpc) is 3.00. The molecule has 3 rings (SSSR count). The van der Waals surface area contributed by atoms with Crippen LogP contribution in [0.3, 0.4) is 0 Å². The molecule has 1 fully saturated rings. The van der Waals surface area contributed by atoms with E-state index < -0.39 is 23.0 Å². The highest BCUT2D eigenvalue weighted by Gasteiger charge is 2.36. The summed E-state index contributed by atoms with van der Waals surface area (Å²) in [5.41, 5.74) is 0.393. The van der Waals surface area contributed by atoms with Crippen molar-refractivity contribution in [2.24, 2.45) is 0 Å². The molecule has 0 bridgehead atoms. The van der Waals surface area contributed by atoms with Crippen molar-refractivity contribution in [1.82, 2.24) is 9.03 Å². The van der Waals surface area contributed by atoms with Gasteiger partial charge in [-0.3, -0.25) is 4.79 Å². The fraction of sp³-hybridized carbons (Fsp3) is 0.267. The predicted octanol–water partition coefficient (Wildman–Crippen LogP) is 3.86. The normalized spacial score (nSPS) is 24.2. The van der Waals surface area contributed by atoms with Gasteiger partial charge in [-0.2, -0.15) is 0 Å². The number of rotatable bonds is 3. The molecule has 1 aromatic carbocycles. The Kier molecular flexibility index (Phi) is 5.92. The molecule has 0 saturated carbocycles. The lowest BCUT2D eigenvalue weighted by atomic mass is 10.1. The van der Waals surface area contributed by atoms with Crippen molar-refractivity contribution in [2.75, 3.05) is 12.4 Å². The second-order valence-corrected chi connectivity index (χ2v) is 9.08. The number of thiophene rings is 1. The molecule has 1 aliphatic rings. The van der Waals surface area contributed by atoms with Gasteiger partial charge in [0.05, 0.1) is 11.1 Å². The summed E-state index contributed by atoms with van der Waals surface area (Å²) in [6.45, 7) is 0. The second kappa shape index (κ2) is 7.81. The van der Waals surface area contributed by atoms with E-state index in [9.17, 15) is 13.4 Å². The molecule has 0 aliphatic carbocycles. The fourth-order valence-electron chi connectivity index (χ4n) is 2.50. The molecule has 1 aliphatic heterocycles. The van der Waals surface area contributed by atoms with E-state index in [1.165, 1.54) is 33.8 Å². The summed E-state index contributed by atoms with van der Waals surface area (Å²) < 4.78 is 31.0. The maximum absolute atomic E-state index is 13.2. The van der Waals surface area contributed by atoms with Gasteiger partial charge in [0, 0.05) is 27.5 Å². The lowest BCUT2D eigenvalue weighted by Crippen LogP contribution is -2.52. The number of benzene rings is 1. The zero-order valence-corrected chi connectivity index (χ0v) is 16.9. The van der Waals surface area contributed by atoms with Gasteiger partial charge in [-0.05, 0) is 46.6 Å². The van der Waals surface area contributed by atoms with Gasteiger partial charge in [0.15, 0.2) is 11.2 Å². The third kappa shape index (κ3) is 4.29. The molecular formula is C15H14BrClFN3O2S2. The molecule has 25 heavy (non-hydrogen) atoms. The minimum atomic E-state index is -1.50. The van der Waals surface area contributed by atoms with Crippen molar-refractivity contribution >= 4 is 61.6 Å². The molecule has 3 unspecified atom stereocenters. The highest BCUT2D eigenvalue weighted by molar-refractivity contribution is 9.10. The quantitative estimate of drug-likeness (QED) is 0.722. The van der Waals surface area contributed by atoms with Gasteiger partial charge in [-0.15, -0.1) is 11.3 Å². The third-order valence-electron chi connectivity index (χ3n) is 3.82. The first-order valence-corrected chi connectivity index (χ1v) is 10.4.